The Kier molecular flexibility index (Phi) is 9.14. The summed E-state index contributed by atoms with van der Waals surface area (Å²) in [6, 6.07) is 27.2. The lowest BCUT2D eigenvalue weighted by Gasteiger charge is -2.36. The Morgan fingerprint density at radius 1 is 0.625 bits per heavy atom. The SMILES string of the molecule is CCCCCC(c1ccccc1)(c1ccc(OCCO)cc1)c1ccc(OCCO)cc1. The number of aliphatic hydroxyl groups excluding tert-OH is 2. The van der Waals surface area contributed by atoms with E-state index < -0.39 is 0 Å². The zero-order valence-electron chi connectivity index (χ0n) is 18.9. The number of unbranched alkanes of at least 4 members (excludes halogenated alkanes) is 2. The lowest BCUT2D eigenvalue weighted by atomic mass is 9.66. The monoisotopic (exact) mass is 434 g/mol. The third-order valence-electron chi connectivity index (χ3n) is 5.84. The molecule has 4 nitrogen and oxygen atoms in total. The van der Waals surface area contributed by atoms with Crippen molar-refractivity contribution in [3.8, 4) is 11.5 Å². The van der Waals surface area contributed by atoms with Gasteiger partial charge in [-0.05, 0) is 47.4 Å². The van der Waals surface area contributed by atoms with E-state index in [0.717, 1.165) is 30.8 Å². The second kappa shape index (κ2) is 12.3. The number of benzene rings is 3. The van der Waals surface area contributed by atoms with Crippen LogP contribution in [0.5, 0.6) is 11.5 Å². The van der Waals surface area contributed by atoms with Crippen molar-refractivity contribution >= 4 is 0 Å². The smallest absolute Gasteiger partial charge is 0.119 e. The van der Waals surface area contributed by atoms with E-state index in [-0.39, 0.29) is 31.8 Å². The largest absolute Gasteiger partial charge is 0.491 e. The molecule has 0 aliphatic rings. The molecule has 0 saturated carbocycles. The van der Waals surface area contributed by atoms with E-state index in [1.807, 2.05) is 24.3 Å². The van der Waals surface area contributed by atoms with Crippen LogP contribution < -0.4 is 9.47 Å². The number of rotatable bonds is 13. The first-order valence-electron chi connectivity index (χ1n) is 11.5. The maximum Gasteiger partial charge on any atom is 0.119 e. The van der Waals surface area contributed by atoms with Gasteiger partial charge in [0.1, 0.15) is 24.7 Å². The molecule has 170 valence electrons. The Bertz CT molecular complexity index is 853. The van der Waals surface area contributed by atoms with E-state index in [2.05, 4.69) is 61.5 Å². The summed E-state index contributed by atoms with van der Waals surface area (Å²) in [5, 5.41) is 18.1. The van der Waals surface area contributed by atoms with Crippen LogP contribution in [-0.4, -0.2) is 36.6 Å². The average molecular weight is 435 g/mol. The van der Waals surface area contributed by atoms with E-state index in [0.29, 0.717) is 0 Å². The predicted octanol–water partition coefficient (Wildman–Crippen LogP) is 5.34. The molecule has 0 aliphatic carbocycles. The summed E-state index contributed by atoms with van der Waals surface area (Å²) in [6.07, 6.45) is 4.42. The average Bonchev–Trinajstić information content (AvgIpc) is 2.86. The third kappa shape index (κ3) is 5.70. The van der Waals surface area contributed by atoms with Crippen LogP contribution in [0.15, 0.2) is 78.9 Å². The summed E-state index contributed by atoms with van der Waals surface area (Å²) in [7, 11) is 0. The van der Waals surface area contributed by atoms with Crippen molar-refractivity contribution < 1.29 is 19.7 Å². The zero-order valence-corrected chi connectivity index (χ0v) is 18.9. The van der Waals surface area contributed by atoms with Crippen molar-refractivity contribution in [2.75, 3.05) is 26.4 Å². The van der Waals surface area contributed by atoms with E-state index in [1.54, 1.807) is 0 Å². The van der Waals surface area contributed by atoms with Crippen LogP contribution in [0, 0.1) is 0 Å². The highest BCUT2D eigenvalue weighted by atomic mass is 16.5. The lowest BCUT2D eigenvalue weighted by Crippen LogP contribution is -2.29. The van der Waals surface area contributed by atoms with Crippen LogP contribution in [0.25, 0.3) is 0 Å². The Morgan fingerprint density at radius 3 is 1.53 bits per heavy atom. The molecule has 3 aromatic carbocycles. The molecule has 2 N–H and O–H groups in total. The molecule has 0 amide bonds. The topological polar surface area (TPSA) is 58.9 Å². The number of hydrogen-bond acceptors (Lipinski definition) is 4. The van der Waals surface area contributed by atoms with Gasteiger partial charge in [-0.3, -0.25) is 0 Å². The van der Waals surface area contributed by atoms with Gasteiger partial charge in [0, 0.05) is 5.41 Å². The maximum absolute atomic E-state index is 9.06. The minimum atomic E-state index is -0.304. The number of aliphatic hydroxyl groups is 2. The normalized spacial score (nSPS) is 11.3. The molecule has 0 heterocycles. The molecule has 0 bridgehead atoms. The van der Waals surface area contributed by atoms with Crippen molar-refractivity contribution in [1.82, 2.24) is 0 Å². The Morgan fingerprint density at radius 2 is 1.09 bits per heavy atom. The van der Waals surface area contributed by atoms with Gasteiger partial charge in [-0.25, -0.2) is 0 Å². The highest BCUT2D eigenvalue weighted by molar-refractivity contribution is 5.52. The van der Waals surface area contributed by atoms with E-state index >= 15 is 0 Å². The molecule has 0 fully saturated rings. The Labute approximate surface area is 191 Å². The standard InChI is InChI=1S/C28H34O4/c1-2-3-7-18-28(23-8-5-4-6-9-23,24-10-14-26(15-11-24)31-21-19-29)25-12-16-27(17-13-25)32-22-20-30/h4-6,8-17,29-30H,2-3,7,18-22H2,1H3. The summed E-state index contributed by atoms with van der Waals surface area (Å²) in [6.45, 7) is 2.80. The molecule has 0 atom stereocenters. The second-order valence-electron chi connectivity index (χ2n) is 7.92. The molecule has 0 aromatic heterocycles. The molecular formula is C28H34O4. The highest BCUT2D eigenvalue weighted by Crippen LogP contribution is 2.44. The highest BCUT2D eigenvalue weighted by Gasteiger charge is 2.35. The van der Waals surface area contributed by atoms with Crippen LogP contribution in [0.1, 0.15) is 49.3 Å². The summed E-state index contributed by atoms with van der Waals surface area (Å²) in [4.78, 5) is 0. The predicted molar refractivity (Wildman–Crippen MR) is 129 cm³/mol. The molecule has 0 radical (unpaired) electrons. The van der Waals surface area contributed by atoms with Gasteiger partial charge in [-0.1, -0.05) is 80.8 Å². The van der Waals surface area contributed by atoms with E-state index in [4.69, 9.17) is 19.7 Å². The van der Waals surface area contributed by atoms with Crippen LogP contribution in [-0.2, 0) is 5.41 Å². The van der Waals surface area contributed by atoms with Crippen molar-refractivity contribution in [1.29, 1.82) is 0 Å². The summed E-state index contributed by atoms with van der Waals surface area (Å²) in [5.41, 5.74) is 3.37. The van der Waals surface area contributed by atoms with Gasteiger partial charge in [0.05, 0.1) is 13.2 Å². The third-order valence-corrected chi connectivity index (χ3v) is 5.84. The minimum Gasteiger partial charge on any atom is -0.491 e. The molecule has 32 heavy (non-hydrogen) atoms. The fraction of sp³-hybridized carbons (Fsp3) is 0.357. The van der Waals surface area contributed by atoms with E-state index in [1.165, 1.54) is 23.1 Å². The first kappa shape index (κ1) is 23.8. The second-order valence-corrected chi connectivity index (χ2v) is 7.92. The summed E-state index contributed by atoms with van der Waals surface area (Å²) < 4.78 is 11.2. The van der Waals surface area contributed by atoms with Gasteiger partial charge in [-0.2, -0.15) is 0 Å². The van der Waals surface area contributed by atoms with Gasteiger partial charge in [0.15, 0.2) is 0 Å². The van der Waals surface area contributed by atoms with Crippen molar-refractivity contribution in [3.05, 3.63) is 95.6 Å². The minimum absolute atomic E-state index is 0.00256. The van der Waals surface area contributed by atoms with Crippen LogP contribution in [0.2, 0.25) is 0 Å². The Balaban J connectivity index is 2.09. The first-order valence-corrected chi connectivity index (χ1v) is 11.5. The van der Waals surface area contributed by atoms with E-state index in [9.17, 15) is 0 Å². The van der Waals surface area contributed by atoms with Gasteiger partial charge >= 0.3 is 0 Å². The Hall–Kier alpha value is -2.82. The molecular weight excluding hydrogens is 400 g/mol. The fourth-order valence-corrected chi connectivity index (χ4v) is 4.29. The van der Waals surface area contributed by atoms with Gasteiger partial charge < -0.3 is 19.7 Å². The zero-order chi connectivity index (χ0) is 22.7. The van der Waals surface area contributed by atoms with Crippen LogP contribution in [0.4, 0.5) is 0 Å². The number of hydrogen-bond donors (Lipinski definition) is 2. The summed E-state index contributed by atoms with van der Waals surface area (Å²) in [5.74, 6) is 1.51. The van der Waals surface area contributed by atoms with Gasteiger partial charge in [0.25, 0.3) is 0 Å². The quantitative estimate of drug-likeness (QED) is 0.281. The molecule has 3 rings (SSSR count). The van der Waals surface area contributed by atoms with Crippen LogP contribution in [0.3, 0.4) is 0 Å². The fourth-order valence-electron chi connectivity index (χ4n) is 4.29. The molecule has 0 aliphatic heterocycles. The van der Waals surface area contributed by atoms with Gasteiger partial charge in [-0.15, -0.1) is 0 Å². The van der Waals surface area contributed by atoms with Crippen LogP contribution >= 0.6 is 0 Å². The number of ether oxygens (including phenoxy) is 2. The first-order chi connectivity index (χ1) is 15.7. The lowest BCUT2D eigenvalue weighted by molar-refractivity contribution is 0.201. The maximum atomic E-state index is 9.06. The summed E-state index contributed by atoms with van der Waals surface area (Å²) >= 11 is 0. The molecule has 3 aromatic rings. The molecule has 0 saturated heterocycles. The van der Waals surface area contributed by atoms with Crippen molar-refractivity contribution in [2.45, 2.75) is 38.0 Å². The molecule has 0 unspecified atom stereocenters. The van der Waals surface area contributed by atoms with Crippen molar-refractivity contribution in [3.63, 3.8) is 0 Å². The molecule has 0 spiro atoms. The van der Waals surface area contributed by atoms with Crippen molar-refractivity contribution in [2.24, 2.45) is 0 Å². The van der Waals surface area contributed by atoms with Gasteiger partial charge in [0.2, 0.25) is 0 Å². The molecule has 4 heteroatoms.